The van der Waals surface area contributed by atoms with E-state index < -0.39 is 0 Å². The van der Waals surface area contributed by atoms with Crippen molar-refractivity contribution in [1.29, 1.82) is 0 Å². The molecule has 0 saturated carbocycles. The van der Waals surface area contributed by atoms with Crippen LogP contribution in [0.3, 0.4) is 0 Å². The number of hydrogen-bond acceptors (Lipinski definition) is 4. The molecule has 4 nitrogen and oxygen atoms in total. The molecule has 0 atom stereocenters. The minimum absolute atomic E-state index is 0.596. The van der Waals surface area contributed by atoms with Crippen LogP contribution in [0.15, 0.2) is 47.6 Å². The minimum Gasteiger partial charge on any atom is -0.493 e. The molecule has 110 valence electrons. The first kappa shape index (κ1) is 14.9. The number of rotatable bonds is 6. The number of nitrogens with zero attached hydrogens (tertiary/aromatic N) is 1. The molecule has 0 spiro atoms. The van der Waals surface area contributed by atoms with Crippen molar-refractivity contribution in [3.05, 3.63) is 53.6 Å². The third kappa shape index (κ3) is 4.24. The second-order valence-electron chi connectivity index (χ2n) is 4.58. The number of methoxy groups -OCH3 is 1. The Morgan fingerprint density at radius 3 is 2.52 bits per heavy atom. The fourth-order valence-electron chi connectivity index (χ4n) is 1.85. The summed E-state index contributed by atoms with van der Waals surface area (Å²) in [7, 11) is 1.63. The monoisotopic (exact) mass is 284 g/mol. The first-order valence-corrected chi connectivity index (χ1v) is 6.89. The van der Waals surface area contributed by atoms with Gasteiger partial charge < -0.3 is 9.47 Å². The summed E-state index contributed by atoms with van der Waals surface area (Å²) in [5.41, 5.74) is 6.12. The van der Waals surface area contributed by atoms with Crippen LogP contribution >= 0.6 is 0 Å². The number of hydrazone groups is 1. The topological polar surface area (TPSA) is 42.8 Å². The molecule has 0 aliphatic heterocycles. The summed E-state index contributed by atoms with van der Waals surface area (Å²) >= 11 is 0. The number of nitrogens with one attached hydrogen (secondary N) is 1. The van der Waals surface area contributed by atoms with E-state index in [-0.39, 0.29) is 0 Å². The van der Waals surface area contributed by atoms with Gasteiger partial charge in [-0.15, -0.1) is 0 Å². The van der Waals surface area contributed by atoms with Crippen LogP contribution < -0.4 is 14.9 Å². The lowest BCUT2D eigenvalue weighted by molar-refractivity contribution is 0.311. The molecule has 0 amide bonds. The maximum Gasteiger partial charge on any atom is 0.161 e. The normalized spacial score (nSPS) is 10.6. The number of hydrogen-bond donors (Lipinski definition) is 1. The summed E-state index contributed by atoms with van der Waals surface area (Å²) in [5.74, 6) is 1.44. The molecule has 2 rings (SSSR count). The zero-order chi connectivity index (χ0) is 15.1. The Morgan fingerprint density at radius 2 is 1.86 bits per heavy atom. The van der Waals surface area contributed by atoms with Gasteiger partial charge in [0.1, 0.15) is 0 Å². The molecule has 21 heavy (non-hydrogen) atoms. The third-order valence-electron chi connectivity index (χ3n) is 2.95. The van der Waals surface area contributed by atoms with Crippen LogP contribution in [0, 0.1) is 6.92 Å². The highest BCUT2D eigenvalue weighted by Gasteiger charge is 2.03. The van der Waals surface area contributed by atoms with Crippen LogP contribution in [-0.4, -0.2) is 19.9 Å². The van der Waals surface area contributed by atoms with Crippen molar-refractivity contribution < 1.29 is 9.47 Å². The highest BCUT2D eigenvalue weighted by atomic mass is 16.5. The largest absolute Gasteiger partial charge is 0.493 e. The molecule has 0 heterocycles. The average Bonchev–Trinajstić information content (AvgIpc) is 2.50. The molecule has 0 aliphatic carbocycles. The van der Waals surface area contributed by atoms with Crippen LogP contribution in [0.1, 0.15) is 18.1 Å². The molecule has 4 heteroatoms. The first-order chi connectivity index (χ1) is 10.2. The maximum absolute atomic E-state index is 5.54. The van der Waals surface area contributed by atoms with E-state index in [1.807, 2.05) is 49.4 Å². The molecule has 0 unspecified atom stereocenters. The van der Waals surface area contributed by atoms with E-state index >= 15 is 0 Å². The lowest BCUT2D eigenvalue weighted by Crippen LogP contribution is -1.97. The molecule has 0 aromatic heterocycles. The summed E-state index contributed by atoms with van der Waals surface area (Å²) < 4.78 is 10.8. The molecule has 0 bridgehead atoms. The minimum atomic E-state index is 0.596. The van der Waals surface area contributed by atoms with E-state index in [9.17, 15) is 0 Å². The van der Waals surface area contributed by atoms with Crippen LogP contribution in [0.4, 0.5) is 5.69 Å². The predicted octanol–water partition coefficient (Wildman–Crippen LogP) is 3.85. The van der Waals surface area contributed by atoms with Gasteiger partial charge in [-0.25, -0.2) is 0 Å². The van der Waals surface area contributed by atoms with Gasteiger partial charge in [0, 0.05) is 0 Å². The first-order valence-electron chi connectivity index (χ1n) is 6.89. The molecule has 0 saturated heterocycles. The van der Waals surface area contributed by atoms with Crippen molar-refractivity contribution in [3.8, 4) is 11.5 Å². The van der Waals surface area contributed by atoms with Gasteiger partial charge in [-0.05, 0) is 49.7 Å². The number of aryl methyl sites for hydroxylation is 1. The number of ether oxygens (including phenoxy) is 2. The Labute approximate surface area is 125 Å². The average molecular weight is 284 g/mol. The van der Waals surface area contributed by atoms with Crippen LogP contribution in [0.5, 0.6) is 11.5 Å². The van der Waals surface area contributed by atoms with E-state index in [0.29, 0.717) is 6.61 Å². The van der Waals surface area contributed by atoms with Crippen molar-refractivity contribution in [2.45, 2.75) is 13.8 Å². The van der Waals surface area contributed by atoms with Gasteiger partial charge in [-0.1, -0.05) is 17.7 Å². The quantitative estimate of drug-likeness (QED) is 0.647. The van der Waals surface area contributed by atoms with Gasteiger partial charge in [0.25, 0.3) is 0 Å². The molecular weight excluding hydrogens is 264 g/mol. The van der Waals surface area contributed by atoms with Crippen molar-refractivity contribution in [3.63, 3.8) is 0 Å². The highest BCUT2D eigenvalue weighted by molar-refractivity contribution is 5.81. The van der Waals surface area contributed by atoms with Gasteiger partial charge in [0.15, 0.2) is 11.5 Å². The summed E-state index contributed by atoms with van der Waals surface area (Å²) in [6.45, 7) is 4.59. The van der Waals surface area contributed by atoms with E-state index in [1.54, 1.807) is 13.3 Å². The molecule has 0 fully saturated rings. The lowest BCUT2D eigenvalue weighted by Gasteiger charge is -2.09. The fourth-order valence-corrected chi connectivity index (χ4v) is 1.85. The van der Waals surface area contributed by atoms with Gasteiger partial charge >= 0.3 is 0 Å². The number of benzene rings is 2. The van der Waals surface area contributed by atoms with Gasteiger partial charge in [0.05, 0.1) is 25.6 Å². The molecule has 2 aromatic carbocycles. The summed E-state index contributed by atoms with van der Waals surface area (Å²) in [6.07, 6.45) is 1.75. The van der Waals surface area contributed by atoms with Crippen LogP contribution in [0.2, 0.25) is 0 Å². The Morgan fingerprint density at radius 1 is 1.10 bits per heavy atom. The zero-order valence-corrected chi connectivity index (χ0v) is 12.6. The van der Waals surface area contributed by atoms with Gasteiger partial charge in [0.2, 0.25) is 0 Å². The highest BCUT2D eigenvalue weighted by Crippen LogP contribution is 2.27. The second kappa shape index (κ2) is 7.33. The van der Waals surface area contributed by atoms with Crippen molar-refractivity contribution in [2.24, 2.45) is 5.10 Å². The Balaban J connectivity index is 2.06. The Hall–Kier alpha value is -2.49. The zero-order valence-electron chi connectivity index (χ0n) is 12.6. The Kier molecular flexibility index (Phi) is 5.21. The van der Waals surface area contributed by atoms with Crippen LogP contribution in [-0.2, 0) is 0 Å². The molecule has 0 aliphatic rings. The van der Waals surface area contributed by atoms with E-state index in [2.05, 4.69) is 17.5 Å². The smallest absolute Gasteiger partial charge is 0.161 e. The standard InChI is InChI=1S/C17H20N2O2/c1-4-21-17-11-14(7-10-16(17)20-3)12-18-19-15-8-5-13(2)6-9-15/h5-12,19H,4H2,1-3H3/b18-12+. The molecule has 2 aromatic rings. The van der Waals surface area contributed by atoms with Gasteiger partial charge in [-0.3, -0.25) is 5.43 Å². The lowest BCUT2D eigenvalue weighted by atomic mass is 10.2. The third-order valence-corrected chi connectivity index (χ3v) is 2.95. The van der Waals surface area contributed by atoms with E-state index in [0.717, 1.165) is 22.7 Å². The molecule has 0 radical (unpaired) electrons. The van der Waals surface area contributed by atoms with Gasteiger partial charge in [-0.2, -0.15) is 5.10 Å². The van der Waals surface area contributed by atoms with Crippen molar-refractivity contribution in [1.82, 2.24) is 0 Å². The molecular formula is C17H20N2O2. The fraction of sp³-hybridized carbons (Fsp3) is 0.235. The second-order valence-corrected chi connectivity index (χ2v) is 4.58. The summed E-state index contributed by atoms with van der Waals surface area (Å²) in [4.78, 5) is 0. The number of anilines is 1. The molecule has 1 N–H and O–H groups in total. The predicted molar refractivity (Wildman–Crippen MR) is 86.6 cm³/mol. The van der Waals surface area contributed by atoms with E-state index in [1.165, 1.54) is 5.56 Å². The SMILES string of the molecule is CCOc1cc(/C=N/Nc2ccc(C)cc2)ccc1OC. The summed E-state index contributed by atoms with van der Waals surface area (Å²) in [6, 6.07) is 13.8. The van der Waals surface area contributed by atoms with E-state index in [4.69, 9.17) is 9.47 Å². The van der Waals surface area contributed by atoms with Crippen molar-refractivity contribution in [2.75, 3.05) is 19.1 Å². The Bertz CT molecular complexity index is 607. The van der Waals surface area contributed by atoms with Crippen LogP contribution in [0.25, 0.3) is 0 Å². The summed E-state index contributed by atoms with van der Waals surface area (Å²) in [5, 5.41) is 4.23. The maximum atomic E-state index is 5.54. The van der Waals surface area contributed by atoms with Crippen molar-refractivity contribution >= 4 is 11.9 Å².